The summed E-state index contributed by atoms with van der Waals surface area (Å²) in [6.07, 6.45) is 3.32. The van der Waals surface area contributed by atoms with Crippen molar-refractivity contribution in [3.63, 3.8) is 0 Å². The Balaban J connectivity index is 1.98. The zero-order valence-electron chi connectivity index (χ0n) is 22.1. The highest BCUT2D eigenvalue weighted by Crippen LogP contribution is 2.58. The van der Waals surface area contributed by atoms with Crippen LogP contribution in [0.3, 0.4) is 0 Å². The molecule has 0 fully saturated rings. The SMILES string of the molecule is CC(C)(C)C1=CC(C2(c3cc(O)c(O)c(C(C)(C)C)c3)c3ccccc3-c3ccccc32)=CC(=O)C1=O. The number of hydrogen-bond donors (Lipinski definition) is 2. The first-order chi connectivity index (χ1) is 17.3. The Morgan fingerprint density at radius 2 is 1.24 bits per heavy atom. The number of rotatable bonds is 2. The molecule has 0 aromatic heterocycles. The van der Waals surface area contributed by atoms with Gasteiger partial charge in [-0.3, -0.25) is 9.59 Å². The van der Waals surface area contributed by atoms with E-state index in [0.717, 1.165) is 27.8 Å². The van der Waals surface area contributed by atoms with Gasteiger partial charge < -0.3 is 10.2 Å². The Bertz CT molecular complexity index is 1490. The molecule has 0 spiro atoms. The maximum Gasteiger partial charge on any atom is 0.229 e. The lowest BCUT2D eigenvalue weighted by Gasteiger charge is -2.38. The molecule has 3 aromatic carbocycles. The molecule has 0 unspecified atom stereocenters. The minimum Gasteiger partial charge on any atom is -0.504 e. The van der Waals surface area contributed by atoms with Crippen LogP contribution >= 0.6 is 0 Å². The maximum absolute atomic E-state index is 13.2. The average Bonchev–Trinajstić information content (AvgIpc) is 3.12. The van der Waals surface area contributed by atoms with Crippen molar-refractivity contribution >= 4 is 11.6 Å². The number of ketones is 2. The fraction of sp³-hybridized carbons (Fsp3) is 0.273. The minimum absolute atomic E-state index is 0.152. The summed E-state index contributed by atoms with van der Waals surface area (Å²) in [5, 5.41) is 21.8. The van der Waals surface area contributed by atoms with Crippen molar-refractivity contribution in [2.45, 2.75) is 52.4 Å². The van der Waals surface area contributed by atoms with E-state index in [4.69, 9.17) is 0 Å². The molecule has 0 saturated heterocycles. The van der Waals surface area contributed by atoms with E-state index < -0.39 is 27.8 Å². The Morgan fingerprint density at radius 3 is 1.76 bits per heavy atom. The number of benzene rings is 3. The van der Waals surface area contributed by atoms with E-state index in [-0.39, 0.29) is 11.5 Å². The monoisotopic (exact) mass is 492 g/mol. The van der Waals surface area contributed by atoms with Gasteiger partial charge >= 0.3 is 0 Å². The van der Waals surface area contributed by atoms with E-state index in [0.29, 0.717) is 16.7 Å². The molecule has 5 rings (SSSR count). The van der Waals surface area contributed by atoms with Gasteiger partial charge in [0.1, 0.15) is 0 Å². The summed E-state index contributed by atoms with van der Waals surface area (Å²) in [6, 6.07) is 19.6. The summed E-state index contributed by atoms with van der Waals surface area (Å²) in [6.45, 7) is 11.7. The Hall–Kier alpha value is -3.92. The van der Waals surface area contributed by atoms with E-state index in [1.165, 1.54) is 6.08 Å². The van der Waals surface area contributed by atoms with Crippen molar-refractivity contribution in [2.24, 2.45) is 5.41 Å². The number of phenolic OH excluding ortho intramolecular Hbond substituents is 2. The van der Waals surface area contributed by atoms with Gasteiger partial charge in [0.25, 0.3) is 0 Å². The third kappa shape index (κ3) is 3.58. The quantitative estimate of drug-likeness (QED) is 0.235. The lowest BCUT2D eigenvalue weighted by Crippen LogP contribution is -2.35. The summed E-state index contributed by atoms with van der Waals surface area (Å²) in [5.41, 5.74) is 4.43. The van der Waals surface area contributed by atoms with Crippen LogP contribution in [0.2, 0.25) is 0 Å². The number of fused-ring (bicyclic) bond motifs is 3. The lowest BCUT2D eigenvalue weighted by atomic mass is 9.63. The van der Waals surface area contributed by atoms with Crippen molar-refractivity contribution in [2.75, 3.05) is 0 Å². The molecule has 0 aliphatic heterocycles. The molecule has 3 aromatic rings. The summed E-state index contributed by atoms with van der Waals surface area (Å²) < 4.78 is 0. The molecule has 0 radical (unpaired) electrons. The molecule has 4 heteroatoms. The van der Waals surface area contributed by atoms with Gasteiger partial charge in [-0.15, -0.1) is 0 Å². The highest BCUT2D eigenvalue weighted by Gasteiger charge is 2.49. The first kappa shape index (κ1) is 24.8. The average molecular weight is 493 g/mol. The van der Waals surface area contributed by atoms with Crippen molar-refractivity contribution < 1.29 is 19.8 Å². The van der Waals surface area contributed by atoms with E-state index in [1.807, 2.05) is 90.1 Å². The molecule has 4 nitrogen and oxygen atoms in total. The normalized spacial score (nSPS) is 16.7. The van der Waals surface area contributed by atoms with Crippen LogP contribution in [-0.4, -0.2) is 21.8 Å². The predicted molar refractivity (Wildman–Crippen MR) is 146 cm³/mol. The second-order valence-electron chi connectivity index (χ2n) is 12.1. The van der Waals surface area contributed by atoms with Crippen LogP contribution in [0.15, 0.2) is 84.0 Å². The number of hydrogen-bond acceptors (Lipinski definition) is 4. The molecule has 0 saturated carbocycles. The summed E-state index contributed by atoms with van der Waals surface area (Å²) in [4.78, 5) is 26.2. The maximum atomic E-state index is 13.2. The van der Waals surface area contributed by atoms with Gasteiger partial charge in [-0.25, -0.2) is 0 Å². The molecular weight excluding hydrogens is 460 g/mol. The minimum atomic E-state index is -0.981. The standard InChI is InChI=1S/C33H32O4/c1-31(2,3)25-15-19(17-27(34)29(25)36)33(20-16-26(32(4,5)6)30(37)28(35)18-20)23-13-9-7-11-21(23)22-12-8-10-14-24(22)33/h7-18,34,36H,1-6H3. The first-order valence-corrected chi connectivity index (χ1v) is 12.6. The molecule has 2 aliphatic carbocycles. The highest BCUT2D eigenvalue weighted by molar-refractivity contribution is 6.48. The van der Waals surface area contributed by atoms with Crippen LogP contribution in [0, 0.1) is 5.41 Å². The second kappa shape index (κ2) is 8.04. The number of allylic oxidation sites excluding steroid dienone is 4. The van der Waals surface area contributed by atoms with E-state index in [1.54, 1.807) is 6.07 Å². The van der Waals surface area contributed by atoms with Gasteiger partial charge in [0.15, 0.2) is 11.5 Å². The number of carbonyl (C=O) groups is 2. The van der Waals surface area contributed by atoms with Gasteiger partial charge in [0, 0.05) is 11.1 Å². The van der Waals surface area contributed by atoms with E-state index >= 15 is 0 Å². The number of carbonyl (C=O) groups excluding carboxylic acids is 2. The topological polar surface area (TPSA) is 74.6 Å². The van der Waals surface area contributed by atoms with Crippen LogP contribution in [0.25, 0.3) is 11.1 Å². The molecular formula is C33H32O4. The number of aromatic hydroxyl groups is 2. The van der Waals surface area contributed by atoms with Crippen molar-refractivity contribution in [3.8, 4) is 22.6 Å². The second-order valence-corrected chi connectivity index (χ2v) is 12.1. The number of Topliss-reactive ketones (excluding diaryl/α,β-unsaturated/α-hetero) is 1. The third-order valence-electron chi connectivity index (χ3n) is 7.58. The largest absolute Gasteiger partial charge is 0.504 e. The first-order valence-electron chi connectivity index (χ1n) is 12.6. The molecule has 2 aliphatic rings. The van der Waals surface area contributed by atoms with Crippen LogP contribution in [-0.2, 0) is 20.4 Å². The van der Waals surface area contributed by atoms with Gasteiger partial charge in [-0.2, -0.15) is 0 Å². The Labute approximate surface area is 218 Å². The molecule has 0 atom stereocenters. The molecule has 0 heterocycles. The molecule has 2 N–H and O–H groups in total. The smallest absolute Gasteiger partial charge is 0.229 e. The predicted octanol–water partition coefficient (Wildman–Crippen LogP) is 6.76. The van der Waals surface area contributed by atoms with Gasteiger partial charge in [-0.05, 0) is 68.5 Å². The molecule has 0 amide bonds. The van der Waals surface area contributed by atoms with Crippen LogP contribution in [0.5, 0.6) is 11.5 Å². The zero-order chi connectivity index (χ0) is 26.9. The summed E-state index contributed by atoms with van der Waals surface area (Å²) in [7, 11) is 0. The van der Waals surface area contributed by atoms with Gasteiger partial charge in [0.2, 0.25) is 11.6 Å². The summed E-state index contributed by atoms with van der Waals surface area (Å²) >= 11 is 0. The zero-order valence-corrected chi connectivity index (χ0v) is 22.1. The Morgan fingerprint density at radius 1 is 0.703 bits per heavy atom. The molecule has 0 bridgehead atoms. The van der Waals surface area contributed by atoms with E-state index in [2.05, 4.69) is 12.1 Å². The fourth-order valence-electron chi connectivity index (χ4n) is 5.81. The number of phenols is 2. The van der Waals surface area contributed by atoms with Crippen LogP contribution < -0.4 is 0 Å². The van der Waals surface area contributed by atoms with Gasteiger partial charge in [-0.1, -0.05) is 90.1 Å². The molecule has 37 heavy (non-hydrogen) atoms. The van der Waals surface area contributed by atoms with Crippen LogP contribution in [0.4, 0.5) is 0 Å². The fourth-order valence-corrected chi connectivity index (χ4v) is 5.81. The molecule has 188 valence electrons. The Kier molecular flexibility index (Phi) is 5.38. The van der Waals surface area contributed by atoms with E-state index in [9.17, 15) is 19.8 Å². The van der Waals surface area contributed by atoms with Crippen molar-refractivity contribution in [1.29, 1.82) is 0 Å². The van der Waals surface area contributed by atoms with Crippen LogP contribution in [0.1, 0.15) is 63.8 Å². The van der Waals surface area contributed by atoms with Crippen molar-refractivity contribution in [1.82, 2.24) is 0 Å². The van der Waals surface area contributed by atoms with Gasteiger partial charge in [0.05, 0.1) is 5.41 Å². The lowest BCUT2D eigenvalue weighted by molar-refractivity contribution is -0.132. The summed E-state index contributed by atoms with van der Waals surface area (Å²) in [5.74, 6) is -1.42. The highest BCUT2D eigenvalue weighted by atomic mass is 16.3. The third-order valence-corrected chi connectivity index (χ3v) is 7.58. The van der Waals surface area contributed by atoms with Crippen molar-refractivity contribution in [3.05, 3.63) is 106 Å².